The molecule has 0 bridgehead atoms. The van der Waals surface area contributed by atoms with Gasteiger partial charge in [0.15, 0.2) is 0 Å². The van der Waals surface area contributed by atoms with Crippen LogP contribution in [0.15, 0.2) is 24.3 Å². The van der Waals surface area contributed by atoms with Gasteiger partial charge in [0.1, 0.15) is 0 Å². The summed E-state index contributed by atoms with van der Waals surface area (Å²) in [6.07, 6.45) is 0.451. The Bertz CT molecular complexity index is 442. The van der Waals surface area contributed by atoms with E-state index in [0.717, 1.165) is 11.3 Å². The van der Waals surface area contributed by atoms with Gasteiger partial charge in [-0.25, -0.2) is 0 Å². The van der Waals surface area contributed by atoms with E-state index in [1.807, 2.05) is 25.1 Å². The highest BCUT2D eigenvalue weighted by atomic mass is 16.4. The van der Waals surface area contributed by atoms with Crippen molar-refractivity contribution in [3.05, 3.63) is 29.8 Å². The summed E-state index contributed by atoms with van der Waals surface area (Å²) in [7, 11) is 0. The SMILES string of the molecule is Cc1cccc(NC(=O)C2CC2C(=O)O)c1. The average Bonchev–Trinajstić information content (AvgIpc) is 2.96. The summed E-state index contributed by atoms with van der Waals surface area (Å²) in [5.41, 5.74) is 1.78. The van der Waals surface area contributed by atoms with Gasteiger partial charge in [-0.1, -0.05) is 12.1 Å². The van der Waals surface area contributed by atoms with Crippen molar-refractivity contribution in [3.8, 4) is 0 Å². The van der Waals surface area contributed by atoms with Crippen molar-refractivity contribution in [1.29, 1.82) is 0 Å². The molecule has 16 heavy (non-hydrogen) atoms. The van der Waals surface area contributed by atoms with E-state index in [9.17, 15) is 9.59 Å². The normalized spacial score (nSPS) is 22.6. The standard InChI is InChI=1S/C12H13NO3/c1-7-3-2-4-8(5-7)13-11(14)9-6-10(9)12(15)16/h2-5,9-10H,6H2,1H3,(H,13,14)(H,15,16). The molecule has 1 aliphatic rings. The van der Waals surface area contributed by atoms with Crippen LogP contribution in [0.4, 0.5) is 5.69 Å². The Balaban J connectivity index is 1.96. The zero-order valence-electron chi connectivity index (χ0n) is 8.93. The third-order valence-electron chi connectivity index (χ3n) is 2.73. The lowest BCUT2D eigenvalue weighted by Gasteiger charge is -2.04. The summed E-state index contributed by atoms with van der Waals surface area (Å²) >= 11 is 0. The van der Waals surface area contributed by atoms with Crippen LogP contribution in [-0.4, -0.2) is 17.0 Å². The number of benzene rings is 1. The highest BCUT2D eigenvalue weighted by Gasteiger charge is 2.48. The molecule has 1 aromatic carbocycles. The van der Waals surface area contributed by atoms with Gasteiger partial charge < -0.3 is 10.4 Å². The molecule has 1 amide bonds. The summed E-state index contributed by atoms with van der Waals surface area (Å²) in [5.74, 6) is -1.94. The van der Waals surface area contributed by atoms with Crippen molar-refractivity contribution in [3.63, 3.8) is 0 Å². The van der Waals surface area contributed by atoms with Crippen LogP contribution in [0.2, 0.25) is 0 Å². The largest absolute Gasteiger partial charge is 0.481 e. The van der Waals surface area contributed by atoms with Gasteiger partial charge in [-0.15, -0.1) is 0 Å². The average molecular weight is 219 g/mol. The maximum atomic E-state index is 11.6. The lowest BCUT2D eigenvalue weighted by molar-refractivity contribution is -0.139. The molecule has 1 aliphatic carbocycles. The number of carboxylic acid groups (broad SMARTS) is 1. The number of aryl methyl sites for hydroxylation is 1. The van der Waals surface area contributed by atoms with Gasteiger partial charge in [-0.05, 0) is 31.0 Å². The highest BCUT2D eigenvalue weighted by molar-refractivity contribution is 5.98. The lowest BCUT2D eigenvalue weighted by Crippen LogP contribution is -2.16. The topological polar surface area (TPSA) is 66.4 Å². The highest BCUT2D eigenvalue weighted by Crippen LogP contribution is 2.39. The summed E-state index contributed by atoms with van der Waals surface area (Å²) in [5, 5.41) is 11.4. The van der Waals surface area contributed by atoms with Crippen molar-refractivity contribution in [1.82, 2.24) is 0 Å². The Hall–Kier alpha value is -1.84. The second-order valence-corrected chi connectivity index (χ2v) is 4.15. The second kappa shape index (κ2) is 3.96. The van der Waals surface area contributed by atoms with Gasteiger partial charge in [0.2, 0.25) is 5.91 Å². The van der Waals surface area contributed by atoms with Crippen LogP contribution < -0.4 is 5.32 Å². The molecule has 0 aliphatic heterocycles. The molecule has 0 saturated heterocycles. The first-order valence-electron chi connectivity index (χ1n) is 5.18. The molecule has 0 heterocycles. The van der Waals surface area contributed by atoms with E-state index in [0.29, 0.717) is 6.42 Å². The van der Waals surface area contributed by atoms with E-state index >= 15 is 0 Å². The Kier molecular flexibility index (Phi) is 2.64. The predicted octanol–water partition coefficient (Wildman–Crippen LogP) is 1.65. The van der Waals surface area contributed by atoms with Crippen LogP contribution >= 0.6 is 0 Å². The molecular weight excluding hydrogens is 206 g/mol. The van der Waals surface area contributed by atoms with Gasteiger partial charge >= 0.3 is 5.97 Å². The minimum absolute atomic E-state index is 0.196. The van der Waals surface area contributed by atoms with Gasteiger partial charge in [0, 0.05) is 5.69 Å². The number of amides is 1. The van der Waals surface area contributed by atoms with Crippen LogP contribution in [0.3, 0.4) is 0 Å². The van der Waals surface area contributed by atoms with E-state index in [1.54, 1.807) is 6.07 Å². The Labute approximate surface area is 93.3 Å². The lowest BCUT2D eigenvalue weighted by atomic mass is 10.2. The van der Waals surface area contributed by atoms with Crippen molar-refractivity contribution < 1.29 is 14.7 Å². The van der Waals surface area contributed by atoms with Crippen LogP contribution in [0, 0.1) is 18.8 Å². The molecule has 2 unspecified atom stereocenters. The molecular formula is C12H13NO3. The molecule has 0 aromatic heterocycles. The maximum Gasteiger partial charge on any atom is 0.307 e. The summed E-state index contributed by atoms with van der Waals surface area (Å²) in [4.78, 5) is 22.2. The minimum Gasteiger partial charge on any atom is -0.481 e. The van der Waals surface area contributed by atoms with Gasteiger partial charge in [-0.3, -0.25) is 9.59 Å². The van der Waals surface area contributed by atoms with Crippen LogP contribution in [0.5, 0.6) is 0 Å². The molecule has 4 heteroatoms. The molecule has 2 atom stereocenters. The third-order valence-corrected chi connectivity index (χ3v) is 2.73. The third kappa shape index (κ3) is 2.21. The first-order valence-corrected chi connectivity index (χ1v) is 5.18. The zero-order valence-corrected chi connectivity index (χ0v) is 8.93. The fraction of sp³-hybridized carbons (Fsp3) is 0.333. The Morgan fingerprint density at radius 3 is 2.69 bits per heavy atom. The summed E-state index contributed by atoms with van der Waals surface area (Å²) in [6.45, 7) is 1.94. The summed E-state index contributed by atoms with van der Waals surface area (Å²) < 4.78 is 0. The van der Waals surface area contributed by atoms with Gasteiger partial charge in [0.25, 0.3) is 0 Å². The molecule has 2 N–H and O–H groups in total. The number of nitrogens with one attached hydrogen (secondary N) is 1. The van der Waals surface area contributed by atoms with Crippen LogP contribution in [0.1, 0.15) is 12.0 Å². The minimum atomic E-state index is -0.885. The fourth-order valence-electron chi connectivity index (χ4n) is 1.72. The van der Waals surface area contributed by atoms with E-state index in [4.69, 9.17) is 5.11 Å². The quantitative estimate of drug-likeness (QED) is 0.812. The van der Waals surface area contributed by atoms with Crippen molar-refractivity contribution in [2.75, 3.05) is 5.32 Å². The monoisotopic (exact) mass is 219 g/mol. The van der Waals surface area contributed by atoms with E-state index in [2.05, 4.69) is 5.32 Å². The molecule has 0 radical (unpaired) electrons. The zero-order chi connectivity index (χ0) is 11.7. The van der Waals surface area contributed by atoms with Crippen molar-refractivity contribution in [2.24, 2.45) is 11.8 Å². The smallest absolute Gasteiger partial charge is 0.307 e. The van der Waals surface area contributed by atoms with Crippen LogP contribution in [-0.2, 0) is 9.59 Å². The molecule has 2 rings (SSSR count). The first-order chi connectivity index (χ1) is 7.58. The number of hydrogen-bond donors (Lipinski definition) is 2. The maximum absolute atomic E-state index is 11.6. The number of carboxylic acids is 1. The Morgan fingerprint density at radius 2 is 2.12 bits per heavy atom. The first kappa shape index (κ1) is 10.7. The van der Waals surface area contributed by atoms with Crippen molar-refractivity contribution >= 4 is 17.6 Å². The fourth-order valence-corrected chi connectivity index (χ4v) is 1.72. The number of hydrogen-bond acceptors (Lipinski definition) is 2. The second-order valence-electron chi connectivity index (χ2n) is 4.15. The van der Waals surface area contributed by atoms with Gasteiger partial charge in [-0.2, -0.15) is 0 Å². The molecule has 0 spiro atoms. The molecule has 1 saturated carbocycles. The molecule has 84 valence electrons. The number of carbonyl (C=O) groups is 2. The number of aliphatic carboxylic acids is 1. The van der Waals surface area contributed by atoms with Crippen molar-refractivity contribution in [2.45, 2.75) is 13.3 Å². The van der Waals surface area contributed by atoms with E-state index in [1.165, 1.54) is 0 Å². The number of anilines is 1. The van der Waals surface area contributed by atoms with E-state index < -0.39 is 11.9 Å². The number of rotatable bonds is 3. The molecule has 1 fully saturated rings. The molecule has 4 nitrogen and oxygen atoms in total. The Morgan fingerprint density at radius 1 is 1.38 bits per heavy atom. The predicted molar refractivity (Wildman–Crippen MR) is 59.0 cm³/mol. The van der Waals surface area contributed by atoms with E-state index in [-0.39, 0.29) is 11.8 Å². The van der Waals surface area contributed by atoms with Crippen LogP contribution in [0.25, 0.3) is 0 Å². The van der Waals surface area contributed by atoms with Gasteiger partial charge in [0.05, 0.1) is 11.8 Å². The molecule has 1 aromatic rings. The number of carbonyl (C=O) groups excluding carboxylic acids is 1. The summed E-state index contributed by atoms with van der Waals surface area (Å²) in [6, 6.07) is 7.44.